The van der Waals surface area contributed by atoms with Crippen molar-refractivity contribution in [2.24, 2.45) is 0 Å². The molecule has 0 amide bonds. The molecule has 1 heterocycles. The average Bonchev–Trinajstić information content (AvgIpc) is 2.72. The van der Waals surface area contributed by atoms with Gasteiger partial charge in [0.05, 0.1) is 23.2 Å². The van der Waals surface area contributed by atoms with Gasteiger partial charge in [0, 0.05) is 13.1 Å². The number of sulfone groups is 1. The molecule has 3 N–H and O–H groups in total. The van der Waals surface area contributed by atoms with Crippen LogP contribution in [0.1, 0.15) is 18.1 Å². The summed E-state index contributed by atoms with van der Waals surface area (Å²) in [6.45, 7) is 0.0143. The summed E-state index contributed by atoms with van der Waals surface area (Å²) in [5.41, 5.74) is -0.994. The van der Waals surface area contributed by atoms with Gasteiger partial charge in [-0.15, -0.1) is 13.2 Å². The second-order valence-electron chi connectivity index (χ2n) is 5.83. The van der Waals surface area contributed by atoms with Crippen LogP contribution in [-0.4, -0.2) is 55.2 Å². The van der Waals surface area contributed by atoms with Gasteiger partial charge in [0.1, 0.15) is 5.75 Å². The van der Waals surface area contributed by atoms with Gasteiger partial charge >= 0.3 is 6.36 Å². The predicted molar refractivity (Wildman–Crippen MR) is 79.2 cm³/mol. The van der Waals surface area contributed by atoms with Crippen molar-refractivity contribution in [2.45, 2.75) is 24.5 Å². The molecule has 0 saturated carbocycles. The van der Waals surface area contributed by atoms with Crippen LogP contribution in [0.25, 0.3) is 0 Å². The lowest BCUT2D eigenvalue weighted by Gasteiger charge is -2.22. The van der Waals surface area contributed by atoms with E-state index in [1.807, 2.05) is 0 Å². The quantitative estimate of drug-likeness (QED) is 0.685. The Morgan fingerprint density at radius 1 is 1.29 bits per heavy atom. The van der Waals surface area contributed by atoms with Gasteiger partial charge in [0.15, 0.2) is 9.84 Å². The third-order valence-electron chi connectivity index (χ3n) is 3.66. The lowest BCUT2D eigenvalue weighted by Crippen LogP contribution is -2.42. The summed E-state index contributed by atoms with van der Waals surface area (Å²) in [6.07, 6.45) is -5.67. The maximum Gasteiger partial charge on any atom is 0.573 e. The molecule has 0 bridgehead atoms. The smallest absolute Gasteiger partial charge is 0.406 e. The average molecular weight is 369 g/mol. The highest BCUT2D eigenvalue weighted by atomic mass is 32.2. The molecule has 1 saturated heterocycles. The van der Waals surface area contributed by atoms with Crippen molar-refractivity contribution < 1.29 is 36.5 Å². The molecule has 10 heteroatoms. The van der Waals surface area contributed by atoms with Gasteiger partial charge in [-0.3, -0.25) is 0 Å². The minimum Gasteiger partial charge on any atom is -0.406 e. The van der Waals surface area contributed by atoms with Crippen LogP contribution in [0.4, 0.5) is 13.2 Å². The highest BCUT2D eigenvalue weighted by Gasteiger charge is 2.40. The number of nitrogens with one attached hydrogen (secondary N) is 1. The van der Waals surface area contributed by atoms with Gasteiger partial charge in [-0.25, -0.2) is 8.42 Å². The Morgan fingerprint density at radius 3 is 2.42 bits per heavy atom. The van der Waals surface area contributed by atoms with Crippen molar-refractivity contribution in [3.05, 3.63) is 29.8 Å². The number of benzene rings is 1. The molecule has 2 unspecified atom stereocenters. The summed E-state index contributed by atoms with van der Waals surface area (Å²) < 4.78 is 62.6. The fourth-order valence-electron chi connectivity index (χ4n) is 2.49. The van der Waals surface area contributed by atoms with E-state index in [1.165, 1.54) is 12.1 Å². The van der Waals surface area contributed by atoms with Gasteiger partial charge in [0.2, 0.25) is 0 Å². The highest BCUT2D eigenvalue weighted by molar-refractivity contribution is 7.91. The van der Waals surface area contributed by atoms with E-state index in [0.29, 0.717) is 5.56 Å². The van der Waals surface area contributed by atoms with Gasteiger partial charge in [-0.1, -0.05) is 12.1 Å². The Hall–Kier alpha value is -1.36. The van der Waals surface area contributed by atoms with E-state index in [1.54, 1.807) is 0 Å². The Kier molecular flexibility index (Phi) is 5.43. The fraction of sp³-hybridized carbons (Fsp3) is 0.571. The molecule has 6 nitrogen and oxygen atoms in total. The molecule has 24 heavy (non-hydrogen) atoms. The zero-order chi connectivity index (χ0) is 18.0. The van der Waals surface area contributed by atoms with Crippen molar-refractivity contribution >= 4 is 9.84 Å². The monoisotopic (exact) mass is 369 g/mol. The molecular weight excluding hydrogens is 351 g/mol. The summed E-state index contributed by atoms with van der Waals surface area (Å²) in [6, 6.07) is 4.76. The third kappa shape index (κ3) is 5.62. The van der Waals surface area contributed by atoms with Crippen LogP contribution in [-0.2, 0) is 9.84 Å². The topological polar surface area (TPSA) is 95.9 Å². The normalized spacial score (nSPS) is 24.7. The molecule has 136 valence electrons. The number of hydrogen-bond acceptors (Lipinski definition) is 6. The lowest BCUT2D eigenvalue weighted by atomic mass is 10.0. The molecule has 2 rings (SSSR count). The van der Waals surface area contributed by atoms with E-state index >= 15 is 0 Å². The van der Waals surface area contributed by atoms with Crippen LogP contribution in [0, 0.1) is 0 Å². The lowest BCUT2D eigenvalue weighted by molar-refractivity contribution is -0.274. The number of aliphatic hydroxyl groups excluding tert-OH is 1. The van der Waals surface area contributed by atoms with Crippen LogP contribution >= 0.6 is 0 Å². The van der Waals surface area contributed by atoms with Crippen LogP contribution in [0.2, 0.25) is 0 Å². The Balaban J connectivity index is 1.83. The second-order valence-corrected chi connectivity index (χ2v) is 8.01. The van der Waals surface area contributed by atoms with E-state index in [2.05, 4.69) is 10.1 Å². The van der Waals surface area contributed by atoms with E-state index in [4.69, 9.17) is 0 Å². The molecule has 0 aromatic heterocycles. The van der Waals surface area contributed by atoms with Gasteiger partial charge in [0.25, 0.3) is 0 Å². The van der Waals surface area contributed by atoms with Crippen molar-refractivity contribution in [1.82, 2.24) is 5.32 Å². The van der Waals surface area contributed by atoms with Gasteiger partial charge in [-0.2, -0.15) is 0 Å². The number of rotatable bonds is 6. The van der Waals surface area contributed by atoms with Crippen LogP contribution in [0.5, 0.6) is 5.75 Å². The minimum absolute atomic E-state index is 0.00143. The first kappa shape index (κ1) is 19.0. The van der Waals surface area contributed by atoms with Crippen LogP contribution in [0.15, 0.2) is 24.3 Å². The number of hydrogen-bond donors (Lipinski definition) is 3. The molecule has 1 aliphatic heterocycles. The van der Waals surface area contributed by atoms with Gasteiger partial charge in [-0.05, 0) is 24.1 Å². The van der Waals surface area contributed by atoms with E-state index < -0.39 is 33.7 Å². The standard InChI is InChI=1S/C14H18F3NO5S/c15-14(16,17)23-11-3-1-10(2-4-11)12(19)7-18-8-13(20)5-6-24(21,22)9-13/h1-4,12,18-20H,5-9H2. The molecule has 1 aliphatic rings. The molecule has 1 aromatic carbocycles. The number of halogens is 3. The SMILES string of the molecule is O=S1(=O)CCC(O)(CNCC(O)c2ccc(OC(F)(F)F)cc2)C1. The van der Waals surface area contributed by atoms with Crippen molar-refractivity contribution in [3.63, 3.8) is 0 Å². The summed E-state index contributed by atoms with van der Waals surface area (Å²) in [5, 5.41) is 22.9. The predicted octanol–water partition coefficient (Wildman–Crippen LogP) is 0.758. The van der Waals surface area contributed by atoms with E-state index in [-0.39, 0.29) is 31.0 Å². The fourth-order valence-corrected chi connectivity index (χ4v) is 4.39. The molecule has 0 aliphatic carbocycles. The number of ether oxygens (including phenoxy) is 1. The summed E-state index contributed by atoms with van der Waals surface area (Å²) in [7, 11) is -3.23. The minimum atomic E-state index is -4.78. The van der Waals surface area contributed by atoms with Crippen molar-refractivity contribution in [1.29, 1.82) is 0 Å². The Morgan fingerprint density at radius 2 is 1.92 bits per heavy atom. The zero-order valence-corrected chi connectivity index (χ0v) is 13.4. The second kappa shape index (κ2) is 6.87. The first-order valence-electron chi connectivity index (χ1n) is 7.15. The Bertz CT molecular complexity index is 662. The summed E-state index contributed by atoms with van der Waals surface area (Å²) >= 11 is 0. The molecule has 1 fully saturated rings. The summed E-state index contributed by atoms with van der Waals surface area (Å²) in [5.74, 6) is -0.794. The maximum atomic E-state index is 12.1. The molecule has 1 aromatic rings. The largest absolute Gasteiger partial charge is 0.573 e. The maximum absolute atomic E-state index is 12.1. The van der Waals surface area contributed by atoms with Crippen LogP contribution in [0.3, 0.4) is 0 Å². The first-order chi connectivity index (χ1) is 11.0. The Labute approximate surface area is 137 Å². The van der Waals surface area contributed by atoms with E-state index in [9.17, 15) is 31.8 Å². The van der Waals surface area contributed by atoms with Crippen LogP contribution < -0.4 is 10.1 Å². The highest BCUT2D eigenvalue weighted by Crippen LogP contribution is 2.25. The number of aliphatic hydroxyl groups is 2. The first-order valence-corrected chi connectivity index (χ1v) is 8.98. The van der Waals surface area contributed by atoms with Crippen molar-refractivity contribution in [2.75, 3.05) is 24.6 Å². The molecule has 0 spiro atoms. The van der Waals surface area contributed by atoms with Crippen molar-refractivity contribution in [3.8, 4) is 5.75 Å². The zero-order valence-electron chi connectivity index (χ0n) is 12.6. The van der Waals surface area contributed by atoms with Gasteiger partial charge < -0.3 is 20.3 Å². The number of alkyl halides is 3. The molecular formula is C14H18F3NO5S. The molecule has 0 radical (unpaired) electrons. The third-order valence-corrected chi connectivity index (χ3v) is 5.46. The van der Waals surface area contributed by atoms with E-state index in [0.717, 1.165) is 12.1 Å². The summed E-state index contributed by atoms with van der Waals surface area (Å²) in [4.78, 5) is 0. The molecule has 2 atom stereocenters.